The second-order valence-electron chi connectivity index (χ2n) is 10.1. The van der Waals surface area contributed by atoms with Crippen molar-refractivity contribution in [3.05, 3.63) is 46.5 Å². The van der Waals surface area contributed by atoms with Crippen LogP contribution in [0.1, 0.15) is 73.0 Å². The van der Waals surface area contributed by atoms with Gasteiger partial charge in [-0.3, -0.25) is 14.9 Å². The summed E-state index contributed by atoms with van der Waals surface area (Å²) in [5.74, 6) is -0.405. The number of hydrogen-bond acceptors (Lipinski definition) is 6. The topological polar surface area (TPSA) is 137 Å². The normalized spacial score (nSPS) is 14.8. The highest BCUT2D eigenvalue weighted by molar-refractivity contribution is 7.20. The Kier molecular flexibility index (Phi) is 9.88. The van der Waals surface area contributed by atoms with Gasteiger partial charge in [-0.05, 0) is 80.2 Å². The van der Waals surface area contributed by atoms with Crippen LogP contribution >= 0.6 is 11.3 Å². The van der Waals surface area contributed by atoms with Gasteiger partial charge in [0, 0.05) is 11.4 Å². The highest BCUT2D eigenvalue weighted by atomic mass is 32.1. The van der Waals surface area contributed by atoms with Crippen LogP contribution in [0.25, 0.3) is 16.5 Å². The number of carbonyl (C=O) groups excluding carboxylic acids is 3. The summed E-state index contributed by atoms with van der Waals surface area (Å²) in [5.41, 5.74) is 15.1. The molecule has 37 heavy (non-hydrogen) atoms. The smallest absolute Gasteiger partial charge is 0.323 e. The number of amides is 3. The van der Waals surface area contributed by atoms with Gasteiger partial charge in [0.1, 0.15) is 17.1 Å². The van der Waals surface area contributed by atoms with E-state index in [-0.39, 0.29) is 23.7 Å². The number of nitrogens with two attached hydrogens (primary N) is 2. The molecule has 0 unspecified atom stereocenters. The van der Waals surface area contributed by atoms with Crippen LogP contribution in [-0.2, 0) is 9.53 Å². The predicted molar refractivity (Wildman–Crippen MR) is 150 cm³/mol. The number of ether oxygens (including phenoxy) is 1. The first-order valence-corrected chi connectivity index (χ1v) is 13.6. The van der Waals surface area contributed by atoms with E-state index in [9.17, 15) is 14.4 Å². The van der Waals surface area contributed by atoms with E-state index in [1.807, 2.05) is 32.1 Å². The van der Waals surface area contributed by atoms with Crippen molar-refractivity contribution in [1.29, 1.82) is 0 Å². The molecule has 6 N–H and O–H groups in total. The van der Waals surface area contributed by atoms with Crippen LogP contribution in [0, 0.1) is 19.8 Å². The van der Waals surface area contributed by atoms with E-state index in [1.165, 1.54) is 11.3 Å². The summed E-state index contributed by atoms with van der Waals surface area (Å²) in [6.45, 7) is 8.81. The Morgan fingerprint density at radius 3 is 2.32 bits per heavy atom. The second kappa shape index (κ2) is 12.9. The van der Waals surface area contributed by atoms with Crippen molar-refractivity contribution in [2.24, 2.45) is 17.4 Å². The van der Waals surface area contributed by atoms with E-state index >= 15 is 0 Å². The number of aryl methyl sites for hydroxylation is 2. The van der Waals surface area contributed by atoms with Crippen LogP contribution < -0.4 is 22.1 Å². The number of nitrogens with one attached hydrogen (secondary N) is 2. The molecule has 1 fully saturated rings. The second-order valence-corrected chi connectivity index (χ2v) is 11.1. The van der Waals surface area contributed by atoms with Gasteiger partial charge in [-0.1, -0.05) is 38.1 Å². The van der Waals surface area contributed by atoms with Gasteiger partial charge in [-0.15, -0.1) is 11.3 Å². The lowest BCUT2D eigenvalue weighted by atomic mass is 9.98. The molecule has 3 amide bonds. The lowest BCUT2D eigenvalue weighted by Gasteiger charge is -2.21. The molecule has 8 nitrogen and oxygen atoms in total. The minimum absolute atomic E-state index is 0.0633. The van der Waals surface area contributed by atoms with Crippen molar-refractivity contribution in [2.45, 2.75) is 71.9 Å². The molecule has 0 spiro atoms. The maximum Gasteiger partial charge on any atom is 0.323 e. The molecule has 0 aliphatic heterocycles. The molecule has 1 aromatic carbocycles. The predicted octanol–water partition coefficient (Wildman–Crippen LogP) is 5.12. The van der Waals surface area contributed by atoms with E-state index < -0.39 is 11.9 Å². The monoisotopic (exact) mass is 526 g/mol. The maximum absolute atomic E-state index is 12.7. The Morgan fingerprint density at radius 1 is 1.11 bits per heavy atom. The first-order chi connectivity index (χ1) is 17.5. The van der Waals surface area contributed by atoms with E-state index in [2.05, 4.69) is 30.6 Å². The Labute approximate surface area is 222 Å². The third-order valence-electron chi connectivity index (χ3n) is 6.46. The molecule has 0 saturated heterocycles. The summed E-state index contributed by atoms with van der Waals surface area (Å²) in [6, 6.07) is 4.67. The van der Waals surface area contributed by atoms with E-state index in [0.29, 0.717) is 17.5 Å². The molecule has 1 atom stereocenters. The summed E-state index contributed by atoms with van der Waals surface area (Å²) in [7, 11) is 0. The number of esters is 1. The van der Waals surface area contributed by atoms with Crippen molar-refractivity contribution in [1.82, 2.24) is 5.32 Å². The lowest BCUT2D eigenvalue weighted by molar-refractivity contribution is -0.151. The number of hydrogen-bond donors (Lipinski definition) is 4. The van der Waals surface area contributed by atoms with Crippen molar-refractivity contribution < 1.29 is 19.1 Å². The van der Waals surface area contributed by atoms with Gasteiger partial charge in [-0.25, -0.2) is 4.79 Å². The van der Waals surface area contributed by atoms with Crippen molar-refractivity contribution in [3.63, 3.8) is 0 Å². The molecule has 1 saturated carbocycles. The lowest BCUT2D eigenvalue weighted by Crippen LogP contribution is -2.40. The summed E-state index contributed by atoms with van der Waals surface area (Å²) in [4.78, 5) is 36.7. The molecule has 1 aliphatic rings. The number of benzene rings is 1. The molecule has 3 rings (SSSR count). The van der Waals surface area contributed by atoms with Crippen LogP contribution in [0.15, 0.2) is 24.3 Å². The van der Waals surface area contributed by atoms with Crippen molar-refractivity contribution >= 4 is 40.3 Å². The highest BCUT2D eigenvalue weighted by Crippen LogP contribution is 2.37. The number of primary amides is 2. The minimum atomic E-state index is -0.750. The van der Waals surface area contributed by atoms with Crippen molar-refractivity contribution in [3.8, 4) is 10.4 Å². The quantitative estimate of drug-likeness (QED) is 0.301. The van der Waals surface area contributed by atoms with Gasteiger partial charge in [0.2, 0.25) is 0 Å². The Bertz CT molecular complexity index is 1140. The average molecular weight is 527 g/mol. The molecule has 0 radical (unpaired) electrons. The van der Waals surface area contributed by atoms with Crippen LogP contribution in [0.3, 0.4) is 0 Å². The fourth-order valence-electron chi connectivity index (χ4n) is 4.67. The molecule has 1 aromatic heterocycles. The van der Waals surface area contributed by atoms with E-state index in [0.717, 1.165) is 59.2 Å². The molecule has 2 aromatic rings. The third kappa shape index (κ3) is 7.90. The van der Waals surface area contributed by atoms with Gasteiger partial charge in [0.15, 0.2) is 0 Å². The van der Waals surface area contributed by atoms with E-state index in [1.54, 1.807) is 6.07 Å². The molecule has 0 bridgehead atoms. The molecule has 1 heterocycles. The number of carbonyl (C=O) groups is 3. The SMILES string of the molecule is Cc1cc(-c2cc(C(N)=O)c(NC(N)=O)s2)cc(C)c1C=CCN[C@@H](CC(C)C)C(=O)OC1CCCC1. The first-order valence-electron chi connectivity index (χ1n) is 12.8. The van der Waals surface area contributed by atoms with Crippen LogP contribution in [0.5, 0.6) is 0 Å². The van der Waals surface area contributed by atoms with Crippen LogP contribution in [-0.4, -0.2) is 36.6 Å². The number of anilines is 1. The zero-order valence-corrected chi connectivity index (χ0v) is 22.9. The fraction of sp³-hybridized carbons (Fsp3) is 0.464. The number of thiophene rings is 1. The molecule has 9 heteroatoms. The number of urea groups is 1. The summed E-state index contributed by atoms with van der Waals surface area (Å²) < 4.78 is 5.75. The van der Waals surface area contributed by atoms with Gasteiger partial charge < -0.3 is 21.5 Å². The Balaban J connectivity index is 1.70. The highest BCUT2D eigenvalue weighted by Gasteiger charge is 2.25. The van der Waals surface area contributed by atoms with Gasteiger partial charge >= 0.3 is 12.0 Å². The molecule has 200 valence electrons. The zero-order valence-electron chi connectivity index (χ0n) is 22.1. The van der Waals surface area contributed by atoms with Crippen LogP contribution in [0.4, 0.5) is 9.80 Å². The van der Waals surface area contributed by atoms with Crippen molar-refractivity contribution in [2.75, 3.05) is 11.9 Å². The van der Waals surface area contributed by atoms with Crippen LogP contribution in [0.2, 0.25) is 0 Å². The minimum Gasteiger partial charge on any atom is -0.461 e. The van der Waals surface area contributed by atoms with Gasteiger partial charge in [0.25, 0.3) is 5.91 Å². The largest absolute Gasteiger partial charge is 0.461 e. The fourth-order valence-corrected chi connectivity index (χ4v) is 5.73. The zero-order chi connectivity index (χ0) is 27.1. The molecular formula is C28H38N4O4S. The summed E-state index contributed by atoms with van der Waals surface area (Å²) in [6.07, 6.45) is 9.06. The number of rotatable bonds is 11. The first kappa shape index (κ1) is 28.4. The van der Waals surface area contributed by atoms with E-state index in [4.69, 9.17) is 16.2 Å². The molecule has 1 aliphatic carbocycles. The third-order valence-corrected chi connectivity index (χ3v) is 7.56. The summed E-state index contributed by atoms with van der Waals surface area (Å²) >= 11 is 1.25. The maximum atomic E-state index is 12.7. The van der Waals surface area contributed by atoms with Gasteiger partial charge in [-0.2, -0.15) is 0 Å². The molecular weight excluding hydrogens is 488 g/mol. The standard InChI is InChI=1S/C28H38N4O4S/c1-16(2)12-23(27(34)36-20-8-5-6-9-20)31-11-7-10-21-17(3)13-19(14-18(21)4)24-15-22(25(29)33)26(37-24)32-28(30)35/h7,10,13-16,20,23,31H,5-6,8-9,11-12H2,1-4H3,(H2,29,33)(H3,30,32,35)/t23-/m0/s1. The Morgan fingerprint density at radius 2 is 1.76 bits per heavy atom. The Hall–Kier alpha value is -3.17. The van der Waals surface area contributed by atoms with Gasteiger partial charge in [0.05, 0.1) is 5.56 Å². The average Bonchev–Trinajstić information content (AvgIpc) is 3.46. The summed E-state index contributed by atoms with van der Waals surface area (Å²) in [5, 5.41) is 6.17.